The minimum absolute atomic E-state index is 0.210. The van der Waals surface area contributed by atoms with Gasteiger partial charge in [0.2, 0.25) is 5.91 Å². The number of amides is 2. The summed E-state index contributed by atoms with van der Waals surface area (Å²) in [4.78, 5) is 29.4. The Kier molecular flexibility index (Phi) is 5.55. The first-order chi connectivity index (χ1) is 16.8. The maximum atomic E-state index is 14.0. The summed E-state index contributed by atoms with van der Waals surface area (Å²) in [5.74, 6) is 0.0585. The molecule has 7 heteroatoms. The van der Waals surface area contributed by atoms with Gasteiger partial charge in [-0.2, -0.15) is 5.10 Å². The molecule has 178 valence electrons. The first-order valence-corrected chi connectivity index (χ1v) is 11.6. The van der Waals surface area contributed by atoms with Crippen LogP contribution in [0.4, 0.5) is 5.69 Å². The third-order valence-corrected chi connectivity index (χ3v) is 6.93. The Hall–Kier alpha value is -4.13. The van der Waals surface area contributed by atoms with Crippen molar-refractivity contribution in [3.05, 3.63) is 94.9 Å². The van der Waals surface area contributed by atoms with E-state index < -0.39 is 5.54 Å². The number of carbonyl (C=O) groups is 2. The Morgan fingerprint density at radius 2 is 1.83 bits per heavy atom. The second-order valence-electron chi connectivity index (χ2n) is 9.29. The molecule has 0 unspecified atom stereocenters. The van der Waals surface area contributed by atoms with Gasteiger partial charge in [0, 0.05) is 18.3 Å². The van der Waals surface area contributed by atoms with Crippen molar-refractivity contribution in [1.82, 2.24) is 15.1 Å². The highest BCUT2D eigenvalue weighted by Gasteiger charge is 2.49. The lowest BCUT2D eigenvalue weighted by Crippen LogP contribution is -2.64. The lowest BCUT2D eigenvalue weighted by Gasteiger charge is -2.43. The number of hydrogen-bond acceptors (Lipinski definition) is 4. The average molecular weight is 469 g/mol. The molecule has 2 aromatic carbocycles. The molecule has 0 saturated carbocycles. The molecule has 0 radical (unpaired) electrons. The van der Waals surface area contributed by atoms with E-state index in [-0.39, 0.29) is 18.4 Å². The normalized spacial score (nSPS) is 17.4. The number of nitrogens with zero attached hydrogens (tertiary/aromatic N) is 3. The molecule has 0 bridgehead atoms. The molecule has 0 fully saturated rings. The van der Waals surface area contributed by atoms with Crippen LogP contribution >= 0.6 is 0 Å². The number of nitrogens with one attached hydrogen (secondary N) is 1. The quantitative estimate of drug-likeness (QED) is 0.456. The molecule has 1 aliphatic rings. The Bertz CT molecular complexity index is 1420. The number of fused-ring (bicyclic) bond motifs is 1. The van der Waals surface area contributed by atoms with Crippen molar-refractivity contribution in [2.24, 2.45) is 0 Å². The fourth-order valence-electron chi connectivity index (χ4n) is 4.66. The zero-order valence-corrected chi connectivity index (χ0v) is 20.3. The molecular weight excluding hydrogens is 440 g/mol. The van der Waals surface area contributed by atoms with Gasteiger partial charge in [0.1, 0.15) is 16.9 Å². The van der Waals surface area contributed by atoms with Crippen LogP contribution < -0.4 is 10.2 Å². The van der Waals surface area contributed by atoms with E-state index in [4.69, 9.17) is 4.42 Å². The molecular formula is C28H28N4O3. The van der Waals surface area contributed by atoms with Gasteiger partial charge >= 0.3 is 0 Å². The van der Waals surface area contributed by atoms with E-state index in [1.807, 2.05) is 63.2 Å². The van der Waals surface area contributed by atoms with E-state index in [0.29, 0.717) is 23.7 Å². The van der Waals surface area contributed by atoms with Crippen molar-refractivity contribution in [1.29, 1.82) is 0 Å². The standard InChI is InChI=1S/C28H28N4O3/c1-18-10-7-12-23(20(18)3)32-26(33)24-15-22(25-13-8-14-35-25)30-31(24)17-28(32,4)27(34)29-16-21-11-6-5-9-19(21)2/h5-15H,16-17H2,1-4H3,(H,29,34)/t28-/m0/s1. The summed E-state index contributed by atoms with van der Waals surface area (Å²) in [5, 5.41) is 7.69. The van der Waals surface area contributed by atoms with Gasteiger partial charge in [-0.3, -0.25) is 19.2 Å². The van der Waals surface area contributed by atoms with Crippen molar-refractivity contribution in [3.63, 3.8) is 0 Å². The average Bonchev–Trinajstić information content (AvgIpc) is 3.51. The molecule has 5 rings (SSSR count). The Balaban J connectivity index is 1.57. The predicted molar refractivity (Wildman–Crippen MR) is 134 cm³/mol. The summed E-state index contributed by atoms with van der Waals surface area (Å²) >= 11 is 0. The molecule has 1 N–H and O–H groups in total. The van der Waals surface area contributed by atoms with Crippen LogP contribution in [0.2, 0.25) is 0 Å². The van der Waals surface area contributed by atoms with Gasteiger partial charge in [-0.15, -0.1) is 0 Å². The topological polar surface area (TPSA) is 80.4 Å². The first kappa shape index (κ1) is 22.7. The van der Waals surface area contributed by atoms with E-state index in [1.165, 1.54) is 0 Å². The zero-order valence-electron chi connectivity index (χ0n) is 20.3. The second kappa shape index (κ2) is 8.58. The highest BCUT2D eigenvalue weighted by Crippen LogP contribution is 2.36. The van der Waals surface area contributed by atoms with Crippen LogP contribution in [-0.4, -0.2) is 27.1 Å². The number of rotatable bonds is 5. The van der Waals surface area contributed by atoms with Crippen LogP contribution in [0.3, 0.4) is 0 Å². The number of aromatic nitrogens is 2. The highest BCUT2D eigenvalue weighted by molar-refractivity contribution is 6.12. The van der Waals surface area contributed by atoms with Gasteiger partial charge in [-0.05, 0) is 68.1 Å². The summed E-state index contributed by atoms with van der Waals surface area (Å²) in [6.07, 6.45) is 1.57. The fourth-order valence-corrected chi connectivity index (χ4v) is 4.66. The smallest absolute Gasteiger partial charge is 0.277 e. The SMILES string of the molecule is Cc1ccccc1CNC(=O)[C@]1(C)Cn2nc(-c3ccco3)cc2C(=O)N1c1cccc(C)c1C. The van der Waals surface area contributed by atoms with Gasteiger partial charge in [-0.1, -0.05) is 36.4 Å². The summed E-state index contributed by atoms with van der Waals surface area (Å²) < 4.78 is 7.12. The van der Waals surface area contributed by atoms with Crippen LogP contribution in [0, 0.1) is 20.8 Å². The summed E-state index contributed by atoms with van der Waals surface area (Å²) in [5.41, 5.74) is 4.64. The minimum atomic E-state index is -1.20. The molecule has 4 aromatic rings. The van der Waals surface area contributed by atoms with E-state index in [2.05, 4.69) is 10.4 Å². The molecule has 1 aliphatic heterocycles. The molecule has 7 nitrogen and oxygen atoms in total. The number of furan rings is 1. The number of anilines is 1. The number of hydrogen-bond donors (Lipinski definition) is 1. The molecule has 2 amide bonds. The second-order valence-corrected chi connectivity index (χ2v) is 9.29. The van der Waals surface area contributed by atoms with Crippen LogP contribution in [0.25, 0.3) is 11.5 Å². The fraction of sp³-hybridized carbons (Fsp3) is 0.250. The lowest BCUT2D eigenvalue weighted by molar-refractivity contribution is -0.126. The molecule has 0 aliphatic carbocycles. The van der Waals surface area contributed by atoms with Crippen LogP contribution in [-0.2, 0) is 17.9 Å². The number of benzene rings is 2. The monoisotopic (exact) mass is 468 g/mol. The van der Waals surface area contributed by atoms with Gasteiger partial charge < -0.3 is 9.73 Å². The maximum absolute atomic E-state index is 14.0. The van der Waals surface area contributed by atoms with Crippen LogP contribution in [0.1, 0.15) is 39.7 Å². The molecule has 0 saturated heterocycles. The Labute approximate surface area is 204 Å². The molecule has 35 heavy (non-hydrogen) atoms. The van der Waals surface area contributed by atoms with E-state index in [9.17, 15) is 9.59 Å². The van der Waals surface area contributed by atoms with Crippen LogP contribution in [0.5, 0.6) is 0 Å². The van der Waals surface area contributed by atoms with E-state index >= 15 is 0 Å². The predicted octanol–water partition coefficient (Wildman–Crippen LogP) is 4.80. The third-order valence-electron chi connectivity index (χ3n) is 6.93. The number of carbonyl (C=O) groups excluding carboxylic acids is 2. The lowest BCUT2D eigenvalue weighted by atomic mass is 9.92. The van der Waals surface area contributed by atoms with Crippen molar-refractivity contribution in [3.8, 4) is 11.5 Å². The molecule has 0 spiro atoms. The van der Waals surface area contributed by atoms with Crippen LogP contribution in [0.15, 0.2) is 71.3 Å². The summed E-state index contributed by atoms with van der Waals surface area (Å²) in [6.45, 7) is 8.38. The highest BCUT2D eigenvalue weighted by atomic mass is 16.3. The minimum Gasteiger partial charge on any atom is -0.463 e. The molecule has 3 heterocycles. The largest absolute Gasteiger partial charge is 0.463 e. The van der Waals surface area contributed by atoms with Crippen molar-refractivity contribution in [2.45, 2.75) is 46.3 Å². The third kappa shape index (κ3) is 3.83. The van der Waals surface area contributed by atoms with E-state index in [1.54, 1.807) is 41.0 Å². The van der Waals surface area contributed by atoms with Gasteiger partial charge in [0.05, 0.1) is 12.8 Å². The van der Waals surface area contributed by atoms with Gasteiger partial charge in [-0.25, -0.2) is 0 Å². The van der Waals surface area contributed by atoms with Gasteiger partial charge in [0.25, 0.3) is 5.91 Å². The summed E-state index contributed by atoms with van der Waals surface area (Å²) in [6, 6.07) is 19.1. The van der Waals surface area contributed by atoms with E-state index in [0.717, 1.165) is 27.9 Å². The van der Waals surface area contributed by atoms with Crippen molar-refractivity contribution in [2.75, 3.05) is 4.90 Å². The van der Waals surface area contributed by atoms with Crippen molar-refractivity contribution < 1.29 is 14.0 Å². The van der Waals surface area contributed by atoms with Crippen molar-refractivity contribution >= 4 is 17.5 Å². The first-order valence-electron chi connectivity index (χ1n) is 11.6. The molecule has 2 aromatic heterocycles. The number of aryl methyl sites for hydroxylation is 2. The Morgan fingerprint density at radius 1 is 1.06 bits per heavy atom. The maximum Gasteiger partial charge on any atom is 0.277 e. The summed E-state index contributed by atoms with van der Waals surface area (Å²) in [7, 11) is 0. The van der Waals surface area contributed by atoms with Gasteiger partial charge in [0.15, 0.2) is 5.76 Å². The Morgan fingerprint density at radius 3 is 2.57 bits per heavy atom. The molecule has 1 atom stereocenters. The zero-order chi connectivity index (χ0) is 24.7.